The van der Waals surface area contributed by atoms with E-state index in [-0.39, 0.29) is 5.41 Å². The van der Waals surface area contributed by atoms with Crippen LogP contribution in [0.15, 0.2) is 29.0 Å². The Morgan fingerprint density at radius 1 is 1.22 bits per heavy atom. The van der Waals surface area contributed by atoms with Gasteiger partial charge in [-0.3, -0.25) is 0 Å². The number of aromatic nitrogens is 2. The van der Waals surface area contributed by atoms with Crippen molar-refractivity contribution in [3.8, 4) is 11.3 Å². The number of benzene rings is 1. The van der Waals surface area contributed by atoms with Gasteiger partial charge in [-0.05, 0) is 26.9 Å². The van der Waals surface area contributed by atoms with Crippen LogP contribution in [0.4, 0.5) is 0 Å². The first-order valence-corrected chi connectivity index (χ1v) is 6.76. The summed E-state index contributed by atoms with van der Waals surface area (Å²) in [6, 6.07) is 8.50. The van der Waals surface area contributed by atoms with E-state index in [1.54, 1.807) is 0 Å². The molecular formula is C14H18BrN3. The smallest absolute Gasteiger partial charge is 0.175 e. The molecule has 1 aromatic heterocycles. The zero-order valence-electron chi connectivity index (χ0n) is 10.9. The Bertz CT molecular complexity index is 535. The summed E-state index contributed by atoms with van der Waals surface area (Å²) in [5, 5.41) is 0. The first-order chi connectivity index (χ1) is 8.41. The first-order valence-electron chi connectivity index (χ1n) is 5.97. The summed E-state index contributed by atoms with van der Waals surface area (Å²) in [6.45, 7) is 7.07. The maximum Gasteiger partial charge on any atom is 0.175 e. The molecule has 1 aromatic carbocycles. The minimum Gasteiger partial charge on any atom is -0.335 e. The Morgan fingerprint density at radius 2 is 1.83 bits per heavy atom. The average Bonchev–Trinajstić information content (AvgIpc) is 2.69. The largest absolute Gasteiger partial charge is 0.335 e. The van der Waals surface area contributed by atoms with Gasteiger partial charge in [-0.15, -0.1) is 0 Å². The Hall–Kier alpha value is -1.13. The molecule has 1 heterocycles. The molecule has 0 aliphatic carbocycles. The molecular weight excluding hydrogens is 290 g/mol. The predicted molar refractivity (Wildman–Crippen MR) is 78.3 cm³/mol. The van der Waals surface area contributed by atoms with Crippen LogP contribution in [-0.2, 0) is 12.0 Å². The molecule has 0 saturated carbocycles. The van der Waals surface area contributed by atoms with Crippen molar-refractivity contribution in [1.82, 2.24) is 9.97 Å². The Morgan fingerprint density at radius 3 is 2.33 bits per heavy atom. The van der Waals surface area contributed by atoms with Gasteiger partial charge in [0.25, 0.3) is 0 Å². The van der Waals surface area contributed by atoms with Crippen molar-refractivity contribution in [2.45, 2.75) is 32.7 Å². The molecule has 3 nitrogen and oxygen atoms in total. The van der Waals surface area contributed by atoms with Gasteiger partial charge in [0.1, 0.15) is 0 Å². The molecule has 0 aliphatic rings. The van der Waals surface area contributed by atoms with Crippen LogP contribution in [0.3, 0.4) is 0 Å². The minimum absolute atomic E-state index is 0.168. The molecule has 0 spiro atoms. The third-order valence-corrected chi connectivity index (χ3v) is 3.35. The predicted octanol–water partition coefficient (Wildman–Crippen LogP) is 3.60. The quantitative estimate of drug-likeness (QED) is 0.890. The van der Waals surface area contributed by atoms with Gasteiger partial charge in [-0.1, -0.05) is 45.0 Å². The van der Waals surface area contributed by atoms with Crippen molar-refractivity contribution in [2.75, 3.05) is 0 Å². The Kier molecular flexibility index (Phi) is 3.59. The molecule has 0 bridgehead atoms. The number of rotatable bonds is 2. The number of nitrogens with two attached hydrogens (primary N) is 1. The van der Waals surface area contributed by atoms with Crippen LogP contribution in [0.1, 0.15) is 32.0 Å². The van der Waals surface area contributed by atoms with Gasteiger partial charge in [0.2, 0.25) is 0 Å². The molecule has 96 valence electrons. The molecule has 4 heteroatoms. The Labute approximate surface area is 116 Å². The monoisotopic (exact) mass is 307 g/mol. The van der Waals surface area contributed by atoms with Crippen molar-refractivity contribution in [3.05, 3.63) is 40.3 Å². The SMILES string of the molecule is CC(C)(C)c1ccc(-c2nc(Br)[nH]c2CN)cc1. The van der Waals surface area contributed by atoms with Gasteiger partial charge < -0.3 is 10.7 Å². The molecule has 0 radical (unpaired) electrons. The molecule has 0 unspecified atom stereocenters. The normalized spacial score (nSPS) is 11.8. The zero-order valence-corrected chi connectivity index (χ0v) is 12.5. The lowest BCUT2D eigenvalue weighted by Crippen LogP contribution is -2.10. The fraction of sp³-hybridized carbons (Fsp3) is 0.357. The molecule has 0 amide bonds. The number of hydrogen-bond donors (Lipinski definition) is 2. The number of nitrogens with zero attached hydrogens (tertiary/aromatic N) is 1. The number of nitrogens with one attached hydrogen (secondary N) is 1. The highest BCUT2D eigenvalue weighted by Gasteiger charge is 2.14. The molecule has 0 aliphatic heterocycles. The van der Waals surface area contributed by atoms with Crippen LogP contribution in [0, 0.1) is 0 Å². The molecule has 0 saturated heterocycles. The standard InChI is InChI=1S/C14H18BrN3/c1-14(2,3)10-6-4-9(5-7-10)12-11(8-16)17-13(15)18-12/h4-7H,8,16H2,1-3H3,(H,17,18). The summed E-state index contributed by atoms with van der Waals surface area (Å²) in [5.41, 5.74) is 10.2. The van der Waals surface area contributed by atoms with E-state index in [1.165, 1.54) is 5.56 Å². The van der Waals surface area contributed by atoms with Gasteiger partial charge in [-0.25, -0.2) is 4.98 Å². The number of aromatic amines is 1. The van der Waals surface area contributed by atoms with Crippen molar-refractivity contribution in [3.63, 3.8) is 0 Å². The maximum absolute atomic E-state index is 5.71. The van der Waals surface area contributed by atoms with E-state index in [0.29, 0.717) is 6.54 Å². The van der Waals surface area contributed by atoms with Gasteiger partial charge in [-0.2, -0.15) is 0 Å². The van der Waals surface area contributed by atoms with E-state index in [4.69, 9.17) is 5.73 Å². The fourth-order valence-corrected chi connectivity index (χ4v) is 2.31. The molecule has 3 N–H and O–H groups in total. The van der Waals surface area contributed by atoms with Gasteiger partial charge >= 0.3 is 0 Å². The van der Waals surface area contributed by atoms with Crippen molar-refractivity contribution >= 4 is 15.9 Å². The lowest BCUT2D eigenvalue weighted by molar-refractivity contribution is 0.590. The number of imidazole rings is 1. The lowest BCUT2D eigenvalue weighted by atomic mass is 9.86. The van der Waals surface area contributed by atoms with Crippen molar-refractivity contribution < 1.29 is 0 Å². The number of hydrogen-bond acceptors (Lipinski definition) is 2. The van der Waals surface area contributed by atoms with Crippen molar-refractivity contribution in [2.24, 2.45) is 5.73 Å². The van der Waals surface area contributed by atoms with Gasteiger partial charge in [0, 0.05) is 12.1 Å². The first kappa shape index (κ1) is 13.3. The van der Waals surface area contributed by atoms with Crippen LogP contribution in [0.2, 0.25) is 0 Å². The van der Waals surface area contributed by atoms with E-state index < -0.39 is 0 Å². The van der Waals surface area contributed by atoms with Crippen LogP contribution in [-0.4, -0.2) is 9.97 Å². The molecule has 18 heavy (non-hydrogen) atoms. The van der Waals surface area contributed by atoms with E-state index in [9.17, 15) is 0 Å². The van der Waals surface area contributed by atoms with Gasteiger partial charge in [0.05, 0.1) is 11.4 Å². The lowest BCUT2D eigenvalue weighted by Gasteiger charge is -2.19. The third kappa shape index (κ3) is 2.65. The Balaban J connectivity index is 2.40. The highest BCUT2D eigenvalue weighted by Crippen LogP contribution is 2.27. The maximum atomic E-state index is 5.71. The number of H-pyrrole nitrogens is 1. The second kappa shape index (κ2) is 4.86. The van der Waals surface area contributed by atoms with Crippen LogP contribution >= 0.6 is 15.9 Å². The van der Waals surface area contributed by atoms with Crippen LogP contribution in [0.5, 0.6) is 0 Å². The molecule has 2 aromatic rings. The van der Waals surface area contributed by atoms with Crippen LogP contribution < -0.4 is 5.73 Å². The zero-order chi connectivity index (χ0) is 13.3. The summed E-state index contributed by atoms with van der Waals surface area (Å²) in [7, 11) is 0. The van der Waals surface area contributed by atoms with E-state index in [0.717, 1.165) is 21.7 Å². The third-order valence-electron chi connectivity index (χ3n) is 2.98. The van der Waals surface area contributed by atoms with Crippen LogP contribution in [0.25, 0.3) is 11.3 Å². The topological polar surface area (TPSA) is 54.7 Å². The van der Waals surface area contributed by atoms with Crippen molar-refractivity contribution in [1.29, 1.82) is 0 Å². The minimum atomic E-state index is 0.168. The molecule has 0 fully saturated rings. The summed E-state index contributed by atoms with van der Waals surface area (Å²) >= 11 is 3.35. The summed E-state index contributed by atoms with van der Waals surface area (Å²) in [5.74, 6) is 0. The summed E-state index contributed by atoms with van der Waals surface area (Å²) in [6.07, 6.45) is 0. The van der Waals surface area contributed by atoms with E-state index in [2.05, 4.69) is 70.9 Å². The van der Waals surface area contributed by atoms with E-state index >= 15 is 0 Å². The van der Waals surface area contributed by atoms with Gasteiger partial charge in [0.15, 0.2) is 4.73 Å². The second-order valence-corrected chi connectivity index (χ2v) is 6.14. The number of halogens is 1. The molecule has 2 rings (SSSR count). The summed E-state index contributed by atoms with van der Waals surface area (Å²) in [4.78, 5) is 7.54. The highest BCUT2D eigenvalue weighted by molar-refractivity contribution is 9.10. The summed E-state index contributed by atoms with van der Waals surface area (Å²) < 4.78 is 0.720. The van der Waals surface area contributed by atoms with E-state index in [1.807, 2.05) is 0 Å². The highest BCUT2D eigenvalue weighted by atomic mass is 79.9. The average molecular weight is 308 g/mol. The molecule has 0 atom stereocenters. The second-order valence-electron chi connectivity index (χ2n) is 5.39. The fourth-order valence-electron chi connectivity index (χ4n) is 1.89.